The lowest BCUT2D eigenvalue weighted by molar-refractivity contribution is -0.141. The molecule has 4 nitrogen and oxygen atoms in total. The Labute approximate surface area is 155 Å². The number of carbonyl (C=O) groups excluding carboxylic acids is 1. The van der Waals surface area contributed by atoms with Crippen LogP contribution in [0.2, 0.25) is 18.1 Å². The summed E-state index contributed by atoms with van der Waals surface area (Å²) in [5, 5.41) is 4.25. The molecule has 3 atom stereocenters. The minimum Gasteiger partial charge on any atom is -0.469 e. The van der Waals surface area contributed by atoms with Gasteiger partial charge in [-0.05, 0) is 62.6 Å². The molecule has 0 bridgehead atoms. The van der Waals surface area contributed by atoms with Crippen molar-refractivity contribution in [3.05, 3.63) is 0 Å². The fourth-order valence-electron chi connectivity index (χ4n) is 4.34. The molecule has 0 amide bonds. The van der Waals surface area contributed by atoms with Crippen LogP contribution in [0.5, 0.6) is 0 Å². The molecule has 5 heteroatoms. The number of methoxy groups -OCH3 is 1. The van der Waals surface area contributed by atoms with Gasteiger partial charge in [0.15, 0.2) is 8.32 Å². The van der Waals surface area contributed by atoms with Gasteiger partial charge in [0.2, 0.25) is 0 Å². The quantitative estimate of drug-likeness (QED) is 0.547. The van der Waals surface area contributed by atoms with E-state index in [4.69, 9.17) is 9.16 Å². The number of esters is 1. The lowest BCUT2D eigenvalue weighted by atomic mass is 9.76. The molecule has 25 heavy (non-hydrogen) atoms. The van der Waals surface area contributed by atoms with Crippen molar-refractivity contribution in [2.24, 2.45) is 5.92 Å². The zero-order valence-corrected chi connectivity index (χ0v) is 18.2. The summed E-state index contributed by atoms with van der Waals surface area (Å²) in [6.07, 6.45) is 8.98. The van der Waals surface area contributed by atoms with Gasteiger partial charge in [0, 0.05) is 24.6 Å². The molecule has 0 aromatic heterocycles. The standard InChI is InChI=1S/C20H39NO3Si/c1-19(2,3)25(5,6)24-15-17-10-8-14-20(21-17)13-7-9-16(20)11-12-18(22)23-4/h16-17,21H,7-15H2,1-6H3/t16-,17-,20+/m1/s1. The van der Waals surface area contributed by atoms with Crippen molar-refractivity contribution in [1.82, 2.24) is 5.32 Å². The van der Waals surface area contributed by atoms with Gasteiger partial charge in [-0.2, -0.15) is 0 Å². The predicted octanol–water partition coefficient (Wildman–Crippen LogP) is 4.64. The van der Waals surface area contributed by atoms with E-state index in [1.165, 1.54) is 45.6 Å². The van der Waals surface area contributed by atoms with Crippen LogP contribution in [0.4, 0.5) is 0 Å². The summed E-state index contributed by atoms with van der Waals surface area (Å²) >= 11 is 0. The minimum absolute atomic E-state index is 0.0735. The van der Waals surface area contributed by atoms with Crippen molar-refractivity contribution >= 4 is 14.3 Å². The number of rotatable bonds is 6. The maximum atomic E-state index is 11.6. The highest BCUT2D eigenvalue weighted by molar-refractivity contribution is 6.74. The SMILES string of the molecule is COC(=O)CC[C@H]1CCC[C@]12CCC[C@H](CO[Si](C)(C)C(C)(C)C)N2. The molecule has 0 unspecified atom stereocenters. The van der Waals surface area contributed by atoms with Gasteiger partial charge in [-0.15, -0.1) is 0 Å². The Kier molecular flexibility index (Phi) is 6.77. The van der Waals surface area contributed by atoms with Crippen molar-refractivity contribution < 1.29 is 14.0 Å². The summed E-state index contributed by atoms with van der Waals surface area (Å²) < 4.78 is 11.3. The molecule has 2 fully saturated rings. The van der Waals surface area contributed by atoms with Crippen molar-refractivity contribution in [3.8, 4) is 0 Å². The van der Waals surface area contributed by atoms with Crippen LogP contribution in [0, 0.1) is 5.92 Å². The maximum absolute atomic E-state index is 11.6. The highest BCUT2D eigenvalue weighted by atomic mass is 28.4. The Hall–Kier alpha value is -0.393. The number of hydrogen-bond acceptors (Lipinski definition) is 4. The van der Waals surface area contributed by atoms with Gasteiger partial charge < -0.3 is 14.5 Å². The van der Waals surface area contributed by atoms with Crippen molar-refractivity contribution in [3.63, 3.8) is 0 Å². The fraction of sp³-hybridized carbons (Fsp3) is 0.950. The first-order valence-electron chi connectivity index (χ1n) is 10.1. The van der Waals surface area contributed by atoms with Gasteiger partial charge in [0.1, 0.15) is 0 Å². The van der Waals surface area contributed by atoms with E-state index in [-0.39, 0.29) is 16.5 Å². The smallest absolute Gasteiger partial charge is 0.305 e. The third-order valence-electron chi connectivity index (χ3n) is 7.00. The first-order valence-corrected chi connectivity index (χ1v) is 13.0. The Balaban J connectivity index is 1.93. The van der Waals surface area contributed by atoms with E-state index in [9.17, 15) is 4.79 Å². The molecule has 0 aromatic carbocycles. The fourth-order valence-corrected chi connectivity index (χ4v) is 5.39. The van der Waals surface area contributed by atoms with Crippen LogP contribution in [0.15, 0.2) is 0 Å². The summed E-state index contributed by atoms with van der Waals surface area (Å²) in [7, 11) is -0.207. The van der Waals surface area contributed by atoms with E-state index in [2.05, 4.69) is 39.2 Å². The van der Waals surface area contributed by atoms with Crippen LogP contribution in [0.3, 0.4) is 0 Å². The average molecular weight is 370 g/mol. The molecule has 1 heterocycles. The first-order chi connectivity index (χ1) is 11.6. The third kappa shape index (κ3) is 5.07. The van der Waals surface area contributed by atoms with Gasteiger partial charge in [-0.3, -0.25) is 4.79 Å². The largest absolute Gasteiger partial charge is 0.469 e. The Morgan fingerprint density at radius 1 is 1.20 bits per heavy atom. The molecule has 1 spiro atoms. The molecule has 1 saturated heterocycles. The van der Waals surface area contributed by atoms with E-state index in [1.54, 1.807) is 0 Å². The topological polar surface area (TPSA) is 47.6 Å². The lowest BCUT2D eigenvalue weighted by Crippen LogP contribution is -2.58. The van der Waals surface area contributed by atoms with Crippen molar-refractivity contribution in [1.29, 1.82) is 0 Å². The second-order valence-electron chi connectivity index (χ2n) is 9.66. The molecule has 0 aromatic rings. The Bertz CT molecular complexity index is 460. The zero-order chi connectivity index (χ0) is 18.7. The number of carbonyl (C=O) groups is 1. The highest BCUT2D eigenvalue weighted by Gasteiger charge is 2.46. The molecule has 0 radical (unpaired) electrons. The van der Waals surface area contributed by atoms with Gasteiger partial charge in [0.25, 0.3) is 0 Å². The number of hydrogen-bond donors (Lipinski definition) is 1. The summed E-state index contributed by atoms with van der Waals surface area (Å²) in [5.41, 5.74) is 0.230. The summed E-state index contributed by atoms with van der Waals surface area (Å²) in [6, 6.07) is 0.460. The predicted molar refractivity (Wildman–Crippen MR) is 105 cm³/mol. The van der Waals surface area contributed by atoms with Gasteiger partial charge in [-0.25, -0.2) is 0 Å². The Morgan fingerprint density at radius 3 is 2.44 bits per heavy atom. The van der Waals surface area contributed by atoms with Crippen LogP contribution in [-0.4, -0.2) is 39.6 Å². The van der Waals surface area contributed by atoms with Crippen molar-refractivity contribution in [2.45, 2.75) is 102 Å². The maximum Gasteiger partial charge on any atom is 0.305 e. The van der Waals surface area contributed by atoms with Crippen LogP contribution in [-0.2, 0) is 14.0 Å². The summed E-state index contributed by atoms with van der Waals surface area (Å²) in [6.45, 7) is 12.4. The van der Waals surface area contributed by atoms with E-state index >= 15 is 0 Å². The van der Waals surface area contributed by atoms with Crippen LogP contribution >= 0.6 is 0 Å². The summed E-state index contributed by atoms with van der Waals surface area (Å²) in [5.74, 6) is 0.526. The number of ether oxygens (including phenoxy) is 1. The molecule has 1 saturated carbocycles. The first kappa shape index (κ1) is 20.9. The monoisotopic (exact) mass is 369 g/mol. The van der Waals surface area contributed by atoms with Gasteiger partial charge in [0.05, 0.1) is 7.11 Å². The lowest BCUT2D eigenvalue weighted by Gasteiger charge is -2.45. The normalized spacial score (nSPS) is 30.6. The van der Waals surface area contributed by atoms with E-state index in [0.717, 1.165) is 13.0 Å². The molecule has 2 aliphatic rings. The van der Waals surface area contributed by atoms with Crippen LogP contribution in [0.1, 0.15) is 72.1 Å². The van der Waals surface area contributed by atoms with Crippen molar-refractivity contribution in [2.75, 3.05) is 13.7 Å². The second kappa shape index (κ2) is 8.09. The molecular weight excluding hydrogens is 330 g/mol. The second-order valence-corrected chi connectivity index (χ2v) is 14.5. The third-order valence-corrected chi connectivity index (χ3v) is 11.5. The minimum atomic E-state index is -1.69. The molecule has 146 valence electrons. The summed E-state index contributed by atoms with van der Waals surface area (Å²) in [4.78, 5) is 11.6. The van der Waals surface area contributed by atoms with E-state index in [0.29, 0.717) is 18.4 Å². The Morgan fingerprint density at radius 2 is 1.84 bits per heavy atom. The van der Waals surface area contributed by atoms with E-state index < -0.39 is 8.32 Å². The number of piperidine rings is 1. The van der Waals surface area contributed by atoms with Gasteiger partial charge >= 0.3 is 5.97 Å². The average Bonchev–Trinajstić information content (AvgIpc) is 2.91. The highest BCUT2D eigenvalue weighted by Crippen LogP contribution is 2.44. The van der Waals surface area contributed by atoms with Crippen LogP contribution in [0.25, 0.3) is 0 Å². The zero-order valence-electron chi connectivity index (χ0n) is 17.2. The molecule has 1 N–H and O–H groups in total. The van der Waals surface area contributed by atoms with E-state index in [1.807, 2.05) is 0 Å². The van der Waals surface area contributed by atoms with Gasteiger partial charge in [-0.1, -0.05) is 27.2 Å². The number of nitrogens with one attached hydrogen (secondary N) is 1. The molecule has 1 aliphatic heterocycles. The van der Waals surface area contributed by atoms with Crippen LogP contribution < -0.4 is 5.32 Å². The molecule has 1 aliphatic carbocycles. The molecule has 2 rings (SSSR count). The molecular formula is C20H39NO3Si.